The van der Waals surface area contributed by atoms with Crippen molar-refractivity contribution in [3.05, 3.63) is 110 Å². The number of likely N-dealkylation sites (N-methyl/N-ethyl adjacent to an activating group) is 1. The molecule has 1 aliphatic heterocycles. The first-order valence-electron chi connectivity index (χ1n) is 18.9. The SMILES string of the molecule is Cc1ccc(C2C3c4cc5cc6c7c5c5c4c4c8c9c%10c%11c(cc%12c%13c%14c(cc(c%15c%14c%14c(c%13%11)c%10c4c5c%14c7%15)C6)C%12)CC9=CC83CN2C)cc1. The van der Waals surface area contributed by atoms with E-state index in [4.69, 9.17) is 0 Å². The third-order valence-electron chi connectivity index (χ3n) is 16.2. The van der Waals surface area contributed by atoms with E-state index in [0.29, 0.717) is 12.0 Å². The van der Waals surface area contributed by atoms with Crippen LogP contribution in [0.3, 0.4) is 0 Å². The van der Waals surface area contributed by atoms with Gasteiger partial charge in [0.15, 0.2) is 0 Å². The molecule has 0 radical (unpaired) electrons. The molecule has 5 aliphatic carbocycles. The highest BCUT2D eigenvalue weighted by molar-refractivity contribution is 6.64. The van der Waals surface area contributed by atoms with Gasteiger partial charge in [-0.3, -0.25) is 4.90 Å². The zero-order valence-corrected chi connectivity index (χ0v) is 27.6. The summed E-state index contributed by atoms with van der Waals surface area (Å²) in [5, 5.41) is 32.5. The van der Waals surface area contributed by atoms with Crippen molar-refractivity contribution in [2.75, 3.05) is 13.6 Å². The van der Waals surface area contributed by atoms with E-state index in [0.717, 1.165) is 25.8 Å². The van der Waals surface area contributed by atoms with E-state index in [-0.39, 0.29) is 5.41 Å². The van der Waals surface area contributed by atoms with Crippen LogP contribution in [0.5, 0.6) is 0 Å². The quantitative estimate of drug-likeness (QED) is 0.164. The van der Waals surface area contributed by atoms with Gasteiger partial charge in [-0.05, 0) is 197 Å². The van der Waals surface area contributed by atoms with Crippen LogP contribution in [-0.4, -0.2) is 18.5 Å². The van der Waals surface area contributed by atoms with Crippen molar-refractivity contribution in [3.8, 4) is 0 Å². The van der Waals surface area contributed by atoms with Crippen molar-refractivity contribution >= 4 is 113 Å². The standard InChI is InChI=1S/C49H25N/c1-16-3-5-17(6-4-16)48-46-25-13-23-11-20-9-21-8-18-7-19-10-22-12-24-14-49(46,15-50(48)2)47-32(24)37-31(22)36-27(19)26(18)34-30(21)35-28(20)29(23)38-33(25)45(47)44-42(37)40(36)39(34)41(35)43(38)44/h3-6,8,10-11,13-14,46,48H,7,9,12,15H2,1-2H3. The van der Waals surface area contributed by atoms with Gasteiger partial charge < -0.3 is 0 Å². The minimum atomic E-state index is -0.0223. The fraction of sp³-hybridized carbons (Fsp3) is 0.184. The zero-order valence-electron chi connectivity index (χ0n) is 27.6. The Bertz CT molecular complexity index is 3780. The molecular formula is C49H25N. The molecular weight excluding hydrogens is 603 g/mol. The number of likely N-dealkylation sites (tertiary alicyclic amines) is 1. The van der Waals surface area contributed by atoms with Gasteiger partial charge in [0, 0.05) is 23.9 Å². The first-order valence-corrected chi connectivity index (χ1v) is 18.9. The second kappa shape index (κ2) is 5.97. The molecule has 0 aromatic heterocycles. The van der Waals surface area contributed by atoms with Crippen LogP contribution >= 0.6 is 0 Å². The van der Waals surface area contributed by atoms with E-state index in [9.17, 15) is 0 Å². The lowest BCUT2D eigenvalue weighted by Gasteiger charge is -2.38. The fourth-order valence-corrected chi connectivity index (χ4v) is 15.3. The topological polar surface area (TPSA) is 3.24 Å². The van der Waals surface area contributed by atoms with Crippen LogP contribution in [0.2, 0.25) is 0 Å². The summed E-state index contributed by atoms with van der Waals surface area (Å²) in [6.07, 6.45) is 6.11. The van der Waals surface area contributed by atoms with Crippen LogP contribution in [0.15, 0.2) is 54.6 Å². The Balaban J connectivity index is 1.24. The summed E-state index contributed by atoms with van der Waals surface area (Å²) in [6.45, 7) is 3.31. The molecule has 1 saturated heterocycles. The van der Waals surface area contributed by atoms with Crippen molar-refractivity contribution in [1.82, 2.24) is 4.90 Å². The maximum absolute atomic E-state index is 2.86. The molecule has 1 nitrogen and oxygen atoms in total. The maximum Gasteiger partial charge on any atom is 0.0426 e. The maximum atomic E-state index is 2.86. The van der Waals surface area contributed by atoms with Gasteiger partial charge in [0.25, 0.3) is 0 Å². The molecule has 0 saturated carbocycles. The first-order chi connectivity index (χ1) is 24.6. The normalized spacial score (nSPS) is 24.4. The van der Waals surface area contributed by atoms with Crippen molar-refractivity contribution in [3.63, 3.8) is 0 Å². The van der Waals surface area contributed by atoms with E-state index in [1.54, 1.807) is 152 Å². The minimum absolute atomic E-state index is 0.0223. The highest BCUT2D eigenvalue weighted by Gasteiger charge is 2.60. The highest BCUT2D eigenvalue weighted by Crippen LogP contribution is 2.73. The lowest BCUT2D eigenvalue weighted by Crippen LogP contribution is -2.33. The van der Waals surface area contributed by atoms with E-state index in [1.165, 1.54) is 16.5 Å². The highest BCUT2D eigenvalue weighted by atomic mass is 15.2. The zero-order chi connectivity index (χ0) is 31.3. The molecule has 1 fully saturated rings. The van der Waals surface area contributed by atoms with Crippen LogP contribution in [0.4, 0.5) is 0 Å². The molecule has 3 atom stereocenters. The van der Waals surface area contributed by atoms with Crippen LogP contribution in [0.25, 0.3) is 113 Å². The van der Waals surface area contributed by atoms with Crippen LogP contribution in [-0.2, 0) is 24.7 Å². The Morgan fingerprint density at radius 2 is 1.08 bits per heavy atom. The second-order valence-electron chi connectivity index (χ2n) is 18.0. The van der Waals surface area contributed by atoms with Crippen LogP contribution < -0.4 is 0 Å². The lowest BCUT2D eigenvalue weighted by atomic mass is 9.63. The number of hydrogen-bond donors (Lipinski definition) is 0. The van der Waals surface area contributed by atoms with E-state index in [1.807, 2.05) is 0 Å². The van der Waals surface area contributed by atoms with Crippen LogP contribution in [0, 0.1) is 6.92 Å². The smallest absolute Gasteiger partial charge is 0.0426 e. The monoisotopic (exact) mass is 627 g/mol. The van der Waals surface area contributed by atoms with Gasteiger partial charge in [0.05, 0.1) is 0 Å². The van der Waals surface area contributed by atoms with Gasteiger partial charge >= 0.3 is 0 Å². The molecule has 1 heterocycles. The molecule has 226 valence electrons. The number of nitrogens with zero attached hydrogens (tertiary/aromatic N) is 1. The van der Waals surface area contributed by atoms with Gasteiger partial charge in [-0.25, -0.2) is 0 Å². The average molecular weight is 628 g/mol. The number of fused-ring (bicyclic) bond motifs is 1. The Kier molecular flexibility index (Phi) is 2.68. The number of rotatable bonds is 1. The molecule has 50 heavy (non-hydrogen) atoms. The summed E-state index contributed by atoms with van der Waals surface area (Å²) in [5.41, 5.74) is 17.4. The predicted octanol–water partition coefficient (Wildman–Crippen LogP) is 11.4. The summed E-state index contributed by atoms with van der Waals surface area (Å²) in [5.74, 6) is 0.383. The first kappa shape index (κ1) is 22.5. The minimum Gasteiger partial charge on any atom is -0.297 e. The second-order valence-corrected chi connectivity index (χ2v) is 18.0. The van der Waals surface area contributed by atoms with Gasteiger partial charge in [0.2, 0.25) is 0 Å². The Morgan fingerprint density at radius 3 is 1.80 bits per heavy atom. The third kappa shape index (κ3) is 1.68. The van der Waals surface area contributed by atoms with Crippen LogP contribution in [0.1, 0.15) is 67.6 Å². The van der Waals surface area contributed by atoms with Gasteiger partial charge in [0.1, 0.15) is 0 Å². The average Bonchev–Trinajstić information content (AvgIpc) is 3.95. The van der Waals surface area contributed by atoms with Crippen molar-refractivity contribution in [2.45, 2.75) is 43.6 Å². The van der Waals surface area contributed by atoms with E-state index in [2.05, 4.69) is 73.5 Å². The third-order valence-corrected chi connectivity index (χ3v) is 16.2. The van der Waals surface area contributed by atoms with E-state index >= 15 is 0 Å². The summed E-state index contributed by atoms with van der Waals surface area (Å²) >= 11 is 0. The summed E-state index contributed by atoms with van der Waals surface area (Å²) in [4.78, 5) is 2.75. The summed E-state index contributed by atoms with van der Waals surface area (Å²) in [7, 11) is 2.43. The molecule has 0 N–H and O–H groups in total. The molecule has 0 bridgehead atoms. The predicted molar refractivity (Wildman–Crippen MR) is 208 cm³/mol. The molecule has 18 rings (SSSR count). The molecule has 0 amide bonds. The van der Waals surface area contributed by atoms with E-state index < -0.39 is 0 Å². The largest absolute Gasteiger partial charge is 0.297 e. The summed E-state index contributed by atoms with van der Waals surface area (Å²) < 4.78 is 0. The van der Waals surface area contributed by atoms with Crippen molar-refractivity contribution in [1.29, 1.82) is 0 Å². The van der Waals surface area contributed by atoms with Gasteiger partial charge in [-0.2, -0.15) is 0 Å². The number of benzene rings is 8. The lowest BCUT2D eigenvalue weighted by molar-refractivity contribution is 0.303. The van der Waals surface area contributed by atoms with Gasteiger partial charge in [-0.15, -0.1) is 0 Å². The molecule has 6 aliphatic rings. The Labute approximate surface area is 284 Å². The molecule has 12 aromatic rings. The number of aryl methyl sites for hydroxylation is 1. The Hall–Kier alpha value is -5.24. The molecule has 12 aromatic carbocycles. The number of hydrogen-bond acceptors (Lipinski definition) is 1. The fourth-order valence-electron chi connectivity index (χ4n) is 15.3. The molecule has 1 spiro atoms. The number of allylic oxidation sites excluding steroid dienone is 1. The van der Waals surface area contributed by atoms with Crippen molar-refractivity contribution in [2.24, 2.45) is 0 Å². The van der Waals surface area contributed by atoms with Gasteiger partial charge in [-0.1, -0.05) is 60.2 Å². The summed E-state index contributed by atoms with van der Waals surface area (Å²) in [6, 6.07) is 20.7. The molecule has 1 heteroatoms. The Morgan fingerprint density at radius 1 is 0.540 bits per heavy atom. The molecule has 3 unspecified atom stereocenters. The van der Waals surface area contributed by atoms with Crippen molar-refractivity contribution < 1.29 is 0 Å².